The van der Waals surface area contributed by atoms with Crippen LogP contribution in [-0.4, -0.2) is 29.1 Å². The van der Waals surface area contributed by atoms with Gasteiger partial charge in [0.05, 0.1) is 0 Å². The van der Waals surface area contributed by atoms with Crippen molar-refractivity contribution in [3.05, 3.63) is 35.9 Å². The zero-order chi connectivity index (χ0) is 14.4. The van der Waals surface area contributed by atoms with Crippen molar-refractivity contribution in [1.82, 2.24) is 10.6 Å². The summed E-state index contributed by atoms with van der Waals surface area (Å²) < 4.78 is 0. The van der Waals surface area contributed by atoms with Crippen molar-refractivity contribution in [3.8, 4) is 0 Å². The topological polar surface area (TPSA) is 122 Å². The number of carbonyl (C=O) groups is 3. The van der Waals surface area contributed by atoms with Crippen LogP contribution >= 0.6 is 0 Å². The van der Waals surface area contributed by atoms with Crippen molar-refractivity contribution >= 4 is 17.9 Å². The van der Waals surface area contributed by atoms with E-state index in [1.165, 1.54) is 6.92 Å². The van der Waals surface area contributed by atoms with Gasteiger partial charge in [-0.25, -0.2) is 9.59 Å². The second-order valence-corrected chi connectivity index (χ2v) is 3.92. The first-order valence-corrected chi connectivity index (χ1v) is 5.56. The molecular formula is C12H15N3O4. The van der Waals surface area contributed by atoms with Crippen molar-refractivity contribution in [2.75, 3.05) is 0 Å². The molecule has 3 amide bonds. The van der Waals surface area contributed by atoms with E-state index in [0.29, 0.717) is 5.56 Å². The molecule has 1 unspecified atom stereocenters. The van der Waals surface area contributed by atoms with Crippen LogP contribution in [0, 0.1) is 0 Å². The predicted molar refractivity (Wildman–Crippen MR) is 67.1 cm³/mol. The number of hydrogen-bond acceptors (Lipinski definition) is 3. The Bertz CT molecular complexity index is 475. The van der Waals surface area contributed by atoms with Gasteiger partial charge in [-0.2, -0.15) is 0 Å². The van der Waals surface area contributed by atoms with E-state index in [-0.39, 0.29) is 0 Å². The predicted octanol–water partition coefficient (Wildman–Crippen LogP) is -0.0147. The average molecular weight is 265 g/mol. The molecule has 0 aliphatic heterocycles. The van der Waals surface area contributed by atoms with E-state index in [9.17, 15) is 14.4 Å². The molecule has 5 N–H and O–H groups in total. The van der Waals surface area contributed by atoms with Crippen LogP contribution in [-0.2, 0) is 9.59 Å². The number of nitrogens with two attached hydrogens (primary N) is 1. The summed E-state index contributed by atoms with van der Waals surface area (Å²) in [6.07, 6.45) is 0. The van der Waals surface area contributed by atoms with Gasteiger partial charge in [-0.1, -0.05) is 30.3 Å². The van der Waals surface area contributed by atoms with E-state index >= 15 is 0 Å². The van der Waals surface area contributed by atoms with Gasteiger partial charge in [0.25, 0.3) is 0 Å². The molecular weight excluding hydrogens is 250 g/mol. The number of carboxylic acids is 1. The van der Waals surface area contributed by atoms with Gasteiger partial charge >= 0.3 is 12.0 Å². The molecule has 0 saturated heterocycles. The van der Waals surface area contributed by atoms with Crippen LogP contribution in [0.2, 0.25) is 0 Å². The van der Waals surface area contributed by atoms with Gasteiger partial charge in [-0.3, -0.25) is 4.79 Å². The van der Waals surface area contributed by atoms with Gasteiger partial charge in [0.2, 0.25) is 5.91 Å². The summed E-state index contributed by atoms with van der Waals surface area (Å²) in [7, 11) is 0. The number of amides is 3. The highest BCUT2D eigenvalue weighted by Crippen LogP contribution is 2.12. The maximum Gasteiger partial charge on any atom is 0.330 e. The van der Waals surface area contributed by atoms with E-state index in [4.69, 9.17) is 10.8 Å². The Labute approximate surface area is 109 Å². The summed E-state index contributed by atoms with van der Waals surface area (Å²) in [5.74, 6) is -1.91. The summed E-state index contributed by atoms with van der Waals surface area (Å²) in [6.45, 7) is 1.40. The first kappa shape index (κ1) is 14.5. The molecule has 1 aromatic carbocycles. The van der Waals surface area contributed by atoms with Crippen molar-refractivity contribution in [3.63, 3.8) is 0 Å². The molecule has 0 heterocycles. The molecule has 0 fully saturated rings. The molecule has 0 aliphatic rings. The third-order valence-corrected chi connectivity index (χ3v) is 2.43. The fourth-order valence-electron chi connectivity index (χ4n) is 1.37. The third-order valence-electron chi connectivity index (χ3n) is 2.43. The number of carbonyl (C=O) groups excluding carboxylic acids is 2. The van der Waals surface area contributed by atoms with Crippen molar-refractivity contribution in [2.45, 2.75) is 19.0 Å². The van der Waals surface area contributed by atoms with Gasteiger partial charge < -0.3 is 21.5 Å². The molecule has 102 valence electrons. The number of hydrogen-bond donors (Lipinski definition) is 4. The van der Waals surface area contributed by atoms with E-state index in [1.807, 2.05) is 0 Å². The minimum Gasteiger partial charge on any atom is -0.479 e. The van der Waals surface area contributed by atoms with Crippen LogP contribution in [0.4, 0.5) is 4.79 Å². The Morgan fingerprint density at radius 1 is 1.16 bits per heavy atom. The quantitative estimate of drug-likeness (QED) is 0.598. The lowest BCUT2D eigenvalue weighted by Gasteiger charge is -2.17. The number of nitrogens with one attached hydrogen (secondary N) is 2. The summed E-state index contributed by atoms with van der Waals surface area (Å²) in [5, 5.41) is 13.6. The van der Waals surface area contributed by atoms with Gasteiger partial charge in [0.15, 0.2) is 6.04 Å². The van der Waals surface area contributed by atoms with E-state index in [1.54, 1.807) is 30.3 Å². The summed E-state index contributed by atoms with van der Waals surface area (Å²) in [4.78, 5) is 33.5. The molecule has 7 nitrogen and oxygen atoms in total. The largest absolute Gasteiger partial charge is 0.479 e. The number of urea groups is 1. The monoisotopic (exact) mass is 265 g/mol. The molecule has 0 aromatic heterocycles. The highest BCUT2D eigenvalue weighted by Gasteiger charge is 2.23. The van der Waals surface area contributed by atoms with Crippen LogP contribution in [0.15, 0.2) is 30.3 Å². The summed E-state index contributed by atoms with van der Waals surface area (Å²) >= 11 is 0. The van der Waals surface area contributed by atoms with Crippen LogP contribution in [0.25, 0.3) is 0 Å². The molecule has 0 radical (unpaired) electrons. The summed E-state index contributed by atoms with van der Waals surface area (Å²) in [6, 6.07) is 5.37. The van der Waals surface area contributed by atoms with Gasteiger partial charge in [-0.05, 0) is 12.5 Å². The van der Waals surface area contributed by atoms with E-state index in [0.717, 1.165) is 0 Å². The van der Waals surface area contributed by atoms with Crippen molar-refractivity contribution < 1.29 is 19.5 Å². The lowest BCUT2D eigenvalue weighted by molar-refractivity contribution is -0.139. The maximum atomic E-state index is 11.6. The van der Waals surface area contributed by atoms with Gasteiger partial charge in [0.1, 0.15) is 6.04 Å². The molecule has 0 spiro atoms. The SMILES string of the molecule is CC(NC(=O)N[C@H](C(=O)O)c1ccccc1)C(N)=O. The number of rotatable bonds is 5. The second kappa shape index (κ2) is 6.39. The molecule has 2 atom stereocenters. The number of benzene rings is 1. The van der Waals surface area contributed by atoms with Crippen LogP contribution in [0.3, 0.4) is 0 Å². The lowest BCUT2D eigenvalue weighted by atomic mass is 10.1. The van der Waals surface area contributed by atoms with Gasteiger partial charge in [0, 0.05) is 0 Å². The fourth-order valence-corrected chi connectivity index (χ4v) is 1.37. The van der Waals surface area contributed by atoms with Crippen molar-refractivity contribution in [1.29, 1.82) is 0 Å². The molecule has 19 heavy (non-hydrogen) atoms. The average Bonchev–Trinajstić information content (AvgIpc) is 2.36. The Morgan fingerprint density at radius 2 is 1.74 bits per heavy atom. The Kier molecular flexibility index (Phi) is 4.87. The number of aliphatic carboxylic acids is 1. The third kappa shape index (κ3) is 4.30. The lowest BCUT2D eigenvalue weighted by Crippen LogP contribution is -2.48. The normalized spacial score (nSPS) is 13.1. The van der Waals surface area contributed by atoms with E-state index in [2.05, 4.69) is 10.6 Å². The Balaban J connectivity index is 2.73. The Morgan fingerprint density at radius 3 is 2.21 bits per heavy atom. The number of primary amides is 1. The molecule has 7 heteroatoms. The molecule has 0 aliphatic carbocycles. The highest BCUT2D eigenvalue weighted by molar-refractivity contribution is 5.88. The standard InChI is InChI=1S/C12H15N3O4/c1-7(10(13)16)14-12(19)15-9(11(17)18)8-5-3-2-4-6-8/h2-7,9H,1H3,(H2,13,16)(H,17,18)(H2,14,15,19)/t7?,9-/m0/s1. The molecule has 1 aromatic rings. The molecule has 0 saturated carbocycles. The second-order valence-electron chi connectivity index (χ2n) is 3.92. The zero-order valence-electron chi connectivity index (χ0n) is 10.3. The van der Waals surface area contributed by atoms with Crippen LogP contribution in [0.5, 0.6) is 0 Å². The van der Waals surface area contributed by atoms with Crippen LogP contribution in [0.1, 0.15) is 18.5 Å². The van der Waals surface area contributed by atoms with Crippen molar-refractivity contribution in [2.24, 2.45) is 5.73 Å². The minimum absolute atomic E-state index is 0.428. The Hall–Kier alpha value is -2.57. The van der Waals surface area contributed by atoms with Crippen LogP contribution < -0.4 is 16.4 Å². The van der Waals surface area contributed by atoms with E-state index < -0.39 is 30.0 Å². The first-order valence-electron chi connectivity index (χ1n) is 5.56. The number of carboxylic acid groups (broad SMARTS) is 1. The summed E-state index contributed by atoms with van der Waals surface area (Å²) in [5.41, 5.74) is 5.42. The smallest absolute Gasteiger partial charge is 0.330 e. The zero-order valence-corrected chi connectivity index (χ0v) is 10.3. The minimum atomic E-state index is -1.20. The molecule has 0 bridgehead atoms. The fraction of sp³-hybridized carbons (Fsp3) is 0.250. The molecule has 1 rings (SSSR count). The maximum absolute atomic E-state index is 11.6. The van der Waals surface area contributed by atoms with Gasteiger partial charge in [-0.15, -0.1) is 0 Å². The first-order chi connectivity index (χ1) is 8.91. The highest BCUT2D eigenvalue weighted by atomic mass is 16.4.